The van der Waals surface area contributed by atoms with Gasteiger partial charge in [0.25, 0.3) is 0 Å². The third-order valence-electron chi connectivity index (χ3n) is 5.30. The molecule has 0 unspecified atom stereocenters. The highest BCUT2D eigenvalue weighted by Crippen LogP contribution is 2.31. The smallest absolute Gasteiger partial charge is 0.249 e. The van der Waals surface area contributed by atoms with Gasteiger partial charge >= 0.3 is 0 Å². The van der Waals surface area contributed by atoms with Crippen LogP contribution in [0.15, 0.2) is 75.6 Å². The second-order valence-electron chi connectivity index (χ2n) is 7.69. The molecule has 33 heavy (non-hydrogen) atoms. The zero-order valence-electron chi connectivity index (χ0n) is 17.4. The quantitative estimate of drug-likeness (QED) is 0.314. The monoisotopic (exact) mass is 463 g/mol. The minimum Gasteiger partial charge on any atom is -0.457 e. The summed E-state index contributed by atoms with van der Waals surface area (Å²) in [5.74, 6) is 0.935. The van der Waals surface area contributed by atoms with Crippen molar-refractivity contribution in [2.75, 3.05) is 0 Å². The van der Waals surface area contributed by atoms with Crippen molar-refractivity contribution in [2.24, 2.45) is 0 Å². The van der Waals surface area contributed by atoms with Crippen molar-refractivity contribution in [1.29, 1.82) is 0 Å². The Hall–Kier alpha value is -3.71. The van der Waals surface area contributed by atoms with Crippen molar-refractivity contribution in [3.05, 3.63) is 89.2 Å². The third kappa shape index (κ3) is 4.73. The molecule has 0 radical (unpaired) electrons. The molecule has 1 saturated carbocycles. The van der Waals surface area contributed by atoms with Crippen LogP contribution in [0, 0.1) is 5.82 Å². The Balaban J connectivity index is 1.29. The van der Waals surface area contributed by atoms with Gasteiger partial charge in [-0.2, -0.15) is 0 Å². The highest BCUT2D eigenvalue weighted by atomic mass is 35.5. The molecule has 6 nitrogen and oxygen atoms in total. The molecule has 2 aromatic heterocycles. The summed E-state index contributed by atoms with van der Waals surface area (Å²) >= 11 is 6.20. The van der Waals surface area contributed by atoms with Crippen LogP contribution in [0.4, 0.5) is 4.39 Å². The van der Waals surface area contributed by atoms with E-state index in [-0.39, 0.29) is 24.3 Å². The Kier molecular flexibility index (Phi) is 5.79. The highest BCUT2D eigenvalue weighted by molar-refractivity contribution is 6.33. The van der Waals surface area contributed by atoms with E-state index in [0.717, 1.165) is 12.8 Å². The second kappa shape index (κ2) is 9.03. The van der Waals surface area contributed by atoms with Crippen LogP contribution >= 0.6 is 11.6 Å². The van der Waals surface area contributed by atoms with E-state index in [4.69, 9.17) is 20.4 Å². The van der Waals surface area contributed by atoms with Gasteiger partial charge in [-0.25, -0.2) is 4.39 Å². The van der Waals surface area contributed by atoms with Crippen LogP contribution < -0.4 is 0 Å². The number of nitrogens with zero attached hydrogens (tertiary/aromatic N) is 3. The van der Waals surface area contributed by atoms with E-state index in [0.29, 0.717) is 39.5 Å². The predicted molar refractivity (Wildman–Crippen MR) is 121 cm³/mol. The number of rotatable bonds is 7. The average molecular weight is 464 g/mol. The maximum Gasteiger partial charge on any atom is 0.249 e. The zero-order chi connectivity index (χ0) is 22.8. The minimum atomic E-state index is -0.367. The van der Waals surface area contributed by atoms with E-state index < -0.39 is 0 Å². The largest absolute Gasteiger partial charge is 0.457 e. The summed E-state index contributed by atoms with van der Waals surface area (Å²) < 4.78 is 25.4. The van der Waals surface area contributed by atoms with Crippen LogP contribution in [0.5, 0.6) is 0 Å². The molecule has 166 valence electrons. The molecule has 8 heteroatoms. The summed E-state index contributed by atoms with van der Waals surface area (Å²) in [5.41, 5.74) is 1.01. The molecule has 0 spiro atoms. The highest BCUT2D eigenvalue weighted by Gasteiger charge is 2.33. The molecule has 1 aliphatic carbocycles. The Morgan fingerprint density at radius 3 is 2.55 bits per heavy atom. The molecule has 0 N–H and O–H groups in total. The Bertz CT molecular complexity index is 1330. The number of benzene rings is 2. The Morgan fingerprint density at radius 2 is 1.79 bits per heavy atom. The maximum atomic E-state index is 14.0. The molecule has 1 amide bonds. The number of carbonyl (C=O) groups excluding carboxylic acids is 1. The SMILES string of the molecule is O=C(/C=C/c1ccc(-c2ccccc2F)o1)N(Cc1nnc(-c2ccccc2Cl)o1)C1CC1. The summed E-state index contributed by atoms with van der Waals surface area (Å²) in [6, 6.07) is 17.1. The summed E-state index contributed by atoms with van der Waals surface area (Å²) in [5, 5.41) is 8.66. The van der Waals surface area contributed by atoms with Crippen LogP contribution in [0.25, 0.3) is 28.9 Å². The maximum absolute atomic E-state index is 14.0. The number of amides is 1. The number of hydrogen-bond acceptors (Lipinski definition) is 5. The van der Waals surface area contributed by atoms with E-state index in [1.807, 2.05) is 12.1 Å². The van der Waals surface area contributed by atoms with Crippen LogP contribution in [0.1, 0.15) is 24.5 Å². The molecular weight excluding hydrogens is 445 g/mol. The van der Waals surface area contributed by atoms with E-state index in [9.17, 15) is 9.18 Å². The van der Waals surface area contributed by atoms with Gasteiger partial charge in [0.15, 0.2) is 0 Å². The molecular formula is C25H19ClFN3O3. The van der Waals surface area contributed by atoms with Crippen LogP contribution in [0.3, 0.4) is 0 Å². The minimum absolute atomic E-state index is 0.128. The molecule has 2 heterocycles. The first-order valence-corrected chi connectivity index (χ1v) is 10.9. The van der Waals surface area contributed by atoms with Gasteiger partial charge in [-0.1, -0.05) is 35.9 Å². The lowest BCUT2D eigenvalue weighted by atomic mass is 10.1. The van der Waals surface area contributed by atoms with E-state index in [2.05, 4.69) is 10.2 Å². The Labute approximate surface area is 194 Å². The summed E-state index contributed by atoms with van der Waals surface area (Å²) in [6.45, 7) is 0.198. The van der Waals surface area contributed by atoms with Crippen molar-refractivity contribution < 1.29 is 18.0 Å². The van der Waals surface area contributed by atoms with Gasteiger partial charge < -0.3 is 13.7 Å². The number of carbonyl (C=O) groups is 1. The van der Waals surface area contributed by atoms with Gasteiger partial charge in [0.05, 0.1) is 22.7 Å². The standard InChI is InChI=1S/C25H19ClFN3O3/c26-20-7-3-1-5-18(20)25-29-28-23(33-25)15-30(16-9-10-16)24(31)14-12-17-11-13-22(32-17)19-6-2-4-8-21(19)27/h1-8,11-14,16H,9-10,15H2/b14-12+. The summed E-state index contributed by atoms with van der Waals surface area (Å²) in [6.07, 6.45) is 4.85. The normalized spacial score (nSPS) is 13.5. The van der Waals surface area contributed by atoms with Crippen LogP contribution in [-0.2, 0) is 11.3 Å². The fourth-order valence-electron chi connectivity index (χ4n) is 3.48. The fourth-order valence-corrected chi connectivity index (χ4v) is 3.69. The van der Waals surface area contributed by atoms with Crippen molar-refractivity contribution in [3.8, 4) is 22.8 Å². The number of aromatic nitrogens is 2. The lowest BCUT2D eigenvalue weighted by Crippen LogP contribution is -2.31. The molecule has 0 atom stereocenters. The summed E-state index contributed by atoms with van der Waals surface area (Å²) in [4.78, 5) is 14.6. The van der Waals surface area contributed by atoms with Gasteiger partial charge in [-0.3, -0.25) is 4.79 Å². The van der Waals surface area contributed by atoms with Gasteiger partial charge in [-0.05, 0) is 55.3 Å². The van der Waals surface area contributed by atoms with Crippen LogP contribution in [0.2, 0.25) is 5.02 Å². The zero-order valence-corrected chi connectivity index (χ0v) is 18.2. The first-order valence-electron chi connectivity index (χ1n) is 10.5. The first-order chi connectivity index (χ1) is 16.1. The number of hydrogen-bond donors (Lipinski definition) is 0. The van der Waals surface area contributed by atoms with Crippen molar-refractivity contribution in [1.82, 2.24) is 15.1 Å². The average Bonchev–Trinajstić information content (AvgIpc) is 3.36. The fraction of sp³-hybridized carbons (Fsp3) is 0.160. The lowest BCUT2D eigenvalue weighted by molar-refractivity contribution is -0.127. The van der Waals surface area contributed by atoms with Crippen LogP contribution in [-0.4, -0.2) is 27.0 Å². The Morgan fingerprint density at radius 1 is 1.03 bits per heavy atom. The molecule has 1 aliphatic rings. The van der Waals surface area contributed by atoms with Gasteiger partial charge in [0.2, 0.25) is 17.7 Å². The van der Waals surface area contributed by atoms with Gasteiger partial charge in [-0.15, -0.1) is 10.2 Å². The molecule has 0 aliphatic heterocycles. The molecule has 5 rings (SSSR count). The molecule has 0 saturated heterocycles. The number of furan rings is 1. The van der Waals surface area contributed by atoms with Gasteiger partial charge in [0, 0.05) is 12.1 Å². The van der Waals surface area contributed by atoms with E-state index in [1.54, 1.807) is 53.4 Å². The molecule has 0 bridgehead atoms. The van der Waals surface area contributed by atoms with Gasteiger partial charge in [0.1, 0.15) is 17.3 Å². The summed E-state index contributed by atoms with van der Waals surface area (Å²) in [7, 11) is 0. The molecule has 2 aromatic carbocycles. The van der Waals surface area contributed by atoms with E-state index in [1.165, 1.54) is 12.1 Å². The number of halogens is 2. The second-order valence-corrected chi connectivity index (χ2v) is 8.10. The van der Waals surface area contributed by atoms with Crippen molar-refractivity contribution >= 4 is 23.6 Å². The van der Waals surface area contributed by atoms with Crippen molar-refractivity contribution in [2.45, 2.75) is 25.4 Å². The topological polar surface area (TPSA) is 72.4 Å². The molecule has 1 fully saturated rings. The predicted octanol–water partition coefficient (Wildman–Crippen LogP) is 5.99. The lowest BCUT2D eigenvalue weighted by Gasteiger charge is -2.18. The van der Waals surface area contributed by atoms with Crippen molar-refractivity contribution in [3.63, 3.8) is 0 Å². The third-order valence-corrected chi connectivity index (χ3v) is 5.63. The molecule has 4 aromatic rings. The first kappa shape index (κ1) is 21.2. The van der Waals surface area contributed by atoms with E-state index >= 15 is 0 Å².